The molecule has 0 bridgehead atoms. The number of methoxy groups -OCH3 is 1. The zero-order valence-corrected chi connectivity index (χ0v) is 15.3. The van der Waals surface area contributed by atoms with Gasteiger partial charge in [-0.15, -0.1) is 0 Å². The van der Waals surface area contributed by atoms with Gasteiger partial charge in [-0.05, 0) is 19.1 Å². The molecule has 6 nitrogen and oxygen atoms in total. The summed E-state index contributed by atoms with van der Waals surface area (Å²) >= 11 is 0. The highest BCUT2D eigenvalue weighted by molar-refractivity contribution is 5.94. The second kappa shape index (κ2) is 7.15. The summed E-state index contributed by atoms with van der Waals surface area (Å²) in [6.45, 7) is 2.96. The number of carbonyl (C=O) groups excluding carboxylic acids is 1. The number of amides is 1. The highest BCUT2D eigenvalue weighted by Crippen LogP contribution is 2.24. The molecule has 0 unspecified atom stereocenters. The first kappa shape index (κ1) is 17.1. The van der Waals surface area contributed by atoms with E-state index in [1.807, 2.05) is 61.5 Å². The van der Waals surface area contributed by atoms with E-state index in [0.29, 0.717) is 24.6 Å². The van der Waals surface area contributed by atoms with Gasteiger partial charge in [-0.1, -0.05) is 36.4 Å². The molecule has 0 spiro atoms. The molecule has 1 fully saturated rings. The largest absolute Gasteiger partial charge is 0.497 e. The van der Waals surface area contributed by atoms with Crippen LogP contribution in [0.1, 0.15) is 16.2 Å². The summed E-state index contributed by atoms with van der Waals surface area (Å²) < 4.78 is 11.1. The van der Waals surface area contributed by atoms with Crippen molar-refractivity contribution in [3.05, 3.63) is 66.0 Å². The molecular formula is C21H21N3O3. The zero-order chi connectivity index (χ0) is 18.8. The molecule has 0 atom stereocenters. The lowest BCUT2D eigenvalue weighted by Gasteiger charge is -2.38. The Balaban J connectivity index is 1.40. The number of hydrogen-bond donors (Lipinski definition) is 1. The van der Waals surface area contributed by atoms with Crippen molar-refractivity contribution in [3.8, 4) is 22.9 Å². The number of aromatic amines is 1. The van der Waals surface area contributed by atoms with Gasteiger partial charge < -0.3 is 19.4 Å². The van der Waals surface area contributed by atoms with Crippen LogP contribution in [-0.4, -0.2) is 47.1 Å². The van der Waals surface area contributed by atoms with Crippen LogP contribution < -0.4 is 9.47 Å². The summed E-state index contributed by atoms with van der Waals surface area (Å²) in [6, 6.07) is 17.3. The minimum absolute atomic E-state index is 0.0195. The summed E-state index contributed by atoms with van der Waals surface area (Å²) in [5.74, 6) is 2.13. The van der Waals surface area contributed by atoms with Crippen molar-refractivity contribution in [2.24, 2.45) is 0 Å². The van der Waals surface area contributed by atoms with E-state index in [1.54, 1.807) is 12.0 Å². The van der Waals surface area contributed by atoms with Crippen LogP contribution in [0.25, 0.3) is 11.4 Å². The minimum atomic E-state index is -0.0728. The first-order chi connectivity index (χ1) is 13.1. The Morgan fingerprint density at radius 3 is 2.59 bits per heavy atom. The lowest BCUT2D eigenvalue weighted by Crippen LogP contribution is -2.56. The third-order valence-electron chi connectivity index (χ3n) is 4.61. The molecule has 1 N–H and O–H groups in total. The molecule has 6 heteroatoms. The molecule has 1 aromatic heterocycles. The fourth-order valence-electron chi connectivity index (χ4n) is 3.10. The number of aromatic nitrogens is 2. The molecule has 1 aliphatic rings. The van der Waals surface area contributed by atoms with Gasteiger partial charge in [-0.2, -0.15) is 0 Å². The maximum atomic E-state index is 12.8. The smallest absolute Gasteiger partial charge is 0.274 e. The van der Waals surface area contributed by atoms with Crippen LogP contribution in [0.5, 0.6) is 11.5 Å². The van der Waals surface area contributed by atoms with E-state index in [0.717, 1.165) is 22.8 Å². The molecule has 4 rings (SSSR count). The van der Waals surface area contributed by atoms with E-state index in [9.17, 15) is 4.79 Å². The van der Waals surface area contributed by atoms with Crippen LogP contribution in [0.3, 0.4) is 0 Å². The molecule has 1 saturated heterocycles. The fraction of sp³-hybridized carbons (Fsp3) is 0.238. The van der Waals surface area contributed by atoms with Gasteiger partial charge in [0.15, 0.2) is 0 Å². The monoisotopic (exact) mass is 363 g/mol. The predicted molar refractivity (Wildman–Crippen MR) is 102 cm³/mol. The van der Waals surface area contributed by atoms with Crippen molar-refractivity contribution in [2.75, 3.05) is 20.2 Å². The normalized spacial score (nSPS) is 13.9. The molecular weight excluding hydrogens is 342 g/mol. The van der Waals surface area contributed by atoms with Crippen molar-refractivity contribution >= 4 is 5.91 Å². The number of likely N-dealkylation sites (tertiary alicyclic amines) is 1. The van der Waals surface area contributed by atoms with Crippen LogP contribution in [0.2, 0.25) is 0 Å². The van der Waals surface area contributed by atoms with Gasteiger partial charge in [0.2, 0.25) is 0 Å². The van der Waals surface area contributed by atoms with E-state index < -0.39 is 0 Å². The quantitative estimate of drug-likeness (QED) is 0.755. The first-order valence-corrected chi connectivity index (χ1v) is 8.86. The molecule has 138 valence electrons. The number of imidazole rings is 1. The minimum Gasteiger partial charge on any atom is -0.497 e. The third kappa shape index (κ3) is 3.51. The molecule has 1 amide bonds. The molecule has 2 aromatic carbocycles. The number of nitrogens with one attached hydrogen (secondary N) is 1. The lowest BCUT2D eigenvalue weighted by atomic mass is 10.1. The number of hydrogen-bond acceptors (Lipinski definition) is 4. The maximum Gasteiger partial charge on any atom is 0.274 e. The second-order valence-electron chi connectivity index (χ2n) is 6.55. The summed E-state index contributed by atoms with van der Waals surface area (Å²) in [5, 5.41) is 0. The fourth-order valence-corrected chi connectivity index (χ4v) is 3.10. The summed E-state index contributed by atoms with van der Waals surface area (Å²) in [6.07, 6.45) is -0.0195. The SMILES string of the molecule is COc1cccc(OC2CN(C(=O)c3nc(-c4ccccc4)[nH]c3C)C2)c1. The van der Waals surface area contributed by atoms with Crippen molar-refractivity contribution < 1.29 is 14.3 Å². The van der Waals surface area contributed by atoms with Crippen molar-refractivity contribution in [1.82, 2.24) is 14.9 Å². The van der Waals surface area contributed by atoms with Crippen molar-refractivity contribution in [3.63, 3.8) is 0 Å². The van der Waals surface area contributed by atoms with Crippen LogP contribution in [0.15, 0.2) is 54.6 Å². The van der Waals surface area contributed by atoms with Gasteiger partial charge in [0.05, 0.1) is 20.2 Å². The predicted octanol–water partition coefficient (Wildman–Crippen LogP) is 3.30. The van der Waals surface area contributed by atoms with E-state index in [1.165, 1.54) is 0 Å². The van der Waals surface area contributed by atoms with Gasteiger partial charge in [-0.25, -0.2) is 4.98 Å². The molecule has 1 aliphatic heterocycles. The Kier molecular flexibility index (Phi) is 4.54. The van der Waals surface area contributed by atoms with E-state index in [4.69, 9.17) is 9.47 Å². The van der Waals surface area contributed by atoms with Gasteiger partial charge in [0.25, 0.3) is 5.91 Å². The topological polar surface area (TPSA) is 67.5 Å². The van der Waals surface area contributed by atoms with Gasteiger partial charge in [0, 0.05) is 17.3 Å². The number of nitrogens with zero attached hydrogens (tertiary/aromatic N) is 2. The summed E-state index contributed by atoms with van der Waals surface area (Å²) in [4.78, 5) is 22.2. The number of rotatable bonds is 5. The first-order valence-electron chi connectivity index (χ1n) is 8.86. The van der Waals surface area contributed by atoms with Crippen molar-refractivity contribution in [1.29, 1.82) is 0 Å². The number of benzene rings is 2. The zero-order valence-electron chi connectivity index (χ0n) is 15.3. The van der Waals surface area contributed by atoms with Gasteiger partial charge in [-0.3, -0.25) is 4.79 Å². The van der Waals surface area contributed by atoms with E-state index in [2.05, 4.69) is 9.97 Å². The Morgan fingerprint density at radius 1 is 1.11 bits per heavy atom. The third-order valence-corrected chi connectivity index (χ3v) is 4.61. The van der Waals surface area contributed by atoms with Gasteiger partial charge in [0.1, 0.15) is 29.1 Å². The molecule has 0 radical (unpaired) electrons. The number of ether oxygens (including phenoxy) is 2. The van der Waals surface area contributed by atoms with Crippen LogP contribution in [0.4, 0.5) is 0 Å². The van der Waals surface area contributed by atoms with E-state index in [-0.39, 0.29) is 12.0 Å². The lowest BCUT2D eigenvalue weighted by molar-refractivity contribution is 0.0172. The summed E-state index contributed by atoms with van der Waals surface area (Å²) in [5.41, 5.74) is 2.20. The molecule has 27 heavy (non-hydrogen) atoms. The Bertz CT molecular complexity index is 946. The van der Waals surface area contributed by atoms with Crippen LogP contribution >= 0.6 is 0 Å². The molecule has 0 saturated carbocycles. The average molecular weight is 363 g/mol. The highest BCUT2D eigenvalue weighted by atomic mass is 16.5. The van der Waals surface area contributed by atoms with Crippen molar-refractivity contribution in [2.45, 2.75) is 13.0 Å². The number of carbonyl (C=O) groups is 1. The molecule has 3 aromatic rings. The second-order valence-corrected chi connectivity index (χ2v) is 6.55. The number of H-pyrrole nitrogens is 1. The Labute approximate surface area is 157 Å². The Morgan fingerprint density at radius 2 is 1.85 bits per heavy atom. The maximum absolute atomic E-state index is 12.8. The highest BCUT2D eigenvalue weighted by Gasteiger charge is 2.34. The average Bonchev–Trinajstić information content (AvgIpc) is 3.06. The molecule has 0 aliphatic carbocycles. The number of aryl methyl sites for hydroxylation is 1. The van der Waals surface area contributed by atoms with Crippen LogP contribution in [0, 0.1) is 6.92 Å². The van der Waals surface area contributed by atoms with Gasteiger partial charge >= 0.3 is 0 Å². The standard InChI is InChI=1S/C21H21N3O3/c1-14-19(23-20(22-14)15-7-4-3-5-8-15)21(25)24-12-18(13-24)27-17-10-6-9-16(11-17)26-2/h3-11,18H,12-13H2,1-2H3,(H,22,23). The molecule has 2 heterocycles. The van der Waals surface area contributed by atoms with E-state index >= 15 is 0 Å². The van der Waals surface area contributed by atoms with Crippen LogP contribution in [-0.2, 0) is 0 Å². The Hall–Kier alpha value is -3.28. The summed E-state index contributed by atoms with van der Waals surface area (Å²) in [7, 11) is 1.62.